The molecule has 0 fully saturated rings. The summed E-state index contributed by atoms with van der Waals surface area (Å²) in [6, 6.07) is 5.18. The molecule has 0 radical (unpaired) electrons. The number of rotatable bonds is 3. The molecule has 0 aliphatic carbocycles. The van der Waals surface area contributed by atoms with Gasteiger partial charge in [0.15, 0.2) is 18.1 Å². The Bertz CT molecular complexity index is 565. The number of aromatic nitrogens is 2. The first-order valence-corrected chi connectivity index (χ1v) is 5.36. The molecule has 0 saturated carbocycles. The van der Waals surface area contributed by atoms with Gasteiger partial charge >= 0.3 is 0 Å². The van der Waals surface area contributed by atoms with Gasteiger partial charge in [0.2, 0.25) is 6.79 Å². The van der Waals surface area contributed by atoms with Gasteiger partial charge < -0.3 is 14.2 Å². The van der Waals surface area contributed by atoms with E-state index < -0.39 is 0 Å². The SMILES string of the molecule is O=C(COc1ccc2c(c1)OCO2)n1ccnc1. The molecular formula is C12H10N2O4. The number of imidazole rings is 1. The minimum Gasteiger partial charge on any atom is -0.484 e. The number of fused-ring (bicyclic) bond motifs is 1. The highest BCUT2D eigenvalue weighted by Crippen LogP contribution is 2.34. The van der Waals surface area contributed by atoms with Crippen LogP contribution in [0.25, 0.3) is 0 Å². The number of benzene rings is 1. The van der Waals surface area contributed by atoms with E-state index in [1.807, 2.05) is 0 Å². The Kier molecular flexibility index (Phi) is 2.60. The first-order chi connectivity index (χ1) is 8.83. The van der Waals surface area contributed by atoms with Gasteiger partial charge in [-0.2, -0.15) is 0 Å². The molecule has 2 aromatic rings. The molecule has 18 heavy (non-hydrogen) atoms. The lowest BCUT2D eigenvalue weighted by atomic mass is 10.3. The van der Waals surface area contributed by atoms with Crippen molar-refractivity contribution < 1.29 is 19.0 Å². The molecule has 0 N–H and O–H groups in total. The van der Waals surface area contributed by atoms with Crippen LogP contribution in [0.4, 0.5) is 0 Å². The lowest BCUT2D eigenvalue weighted by Gasteiger charge is -2.06. The number of nitrogens with zero attached hydrogens (tertiary/aromatic N) is 2. The number of carbonyl (C=O) groups excluding carboxylic acids is 1. The van der Waals surface area contributed by atoms with Crippen molar-refractivity contribution >= 4 is 5.91 Å². The van der Waals surface area contributed by atoms with Gasteiger partial charge in [-0.25, -0.2) is 4.98 Å². The fourth-order valence-electron chi connectivity index (χ4n) is 1.59. The van der Waals surface area contributed by atoms with Crippen LogP contribution in [0.2, 0.25) is 0 Å². The summed E-state index contributed by atoms with van der Waals surface area (Å²) < 4.78 is 17.1. The minimum atomic E-state index is -0.190. The molecule has 0 atom stereocenters. The van der Waals surface area contributed by atoms with Crippen molar-refractivity contribution in [2.45, 2.75) is 0 Å². The topological polar surface area (TPSA) is 62.6 Å². The molecule has 3 rings (SSSR count). The van der Waals surface area contributed by atoms with Crippen molar-refractivity contribution in [3.8, 4) is 17.2 Å². The first kappa shape index (κ1) is 10.6. The average Bonchev–Trinajstić information content (AvgIpc) is 3.05. The van der Waals surface area contributed by atoms with Crippen LogP contribution in [0.3, 0.4) is 0 Å². The van der Waals surface area contributed by atoms with Crippen LogP contribution in [0.5, 0.6) is 17.2 Å². The Labute approximate surface area is 103 Å². The summed E-state index contributed by atoms with van der Waals surface area (Å²) in [5, 5.41) is 0. The Morgan fingerprint density at radius 1 is 1.39 bits per heavy atom. The third-order valence-corrected chi connectivity index (χ3v) is 2.50. The van der Waals surface area contributed by atoms with E-state index in [0.717, 1.165) is 0 Å². The highest BCUT2D eigenvalue weighted by molar-refractivity contribution is 5.80. The summed E-state index contributed by atoms with van der Waals surface area (Å²) in [4.78, 5) is 15.5. The molecule has 0 spiro atoms. The van der Waals surface area contributed by atoms with Gasteiger partial charge in [0.25, 0.3) is 5.91 Å². The molecule has 1 aliphatic rings. The zero-order chi connectivity index (χ0) is 12.4. The summed E-state index contributed by atoms with van der Waals surface area (Å²) in [6.07, 6.45) is 4.55. The predicted octanol–water partition coefficient (Wildman–Crippen LogP) is 1.33. The van der Waals surface area contributed by atoms with E-state index in [9.17, 15) is 4.79 Å². The zero-order valence-electron chi connectivity index (χ0n) is 9.41. The van der Waals surface area contributed by atoms with Gasteiger partial charge in [0.1, 0.15) is 12.1 Å². The lowest BCUT2D eigenvalue weighted by Crippen LogP contribution is -2.17. The van der Waals surface area contributed by atoms with Crippen LogP contribution < -0.4 is 14.2 Å². The van der Waals surface area contributed by atoms with Crippen LogP contribution in [0, 0.1) is 0 Å². The maximum Gasteiger partial charge on any atom is 0.269 e. The Morgan fingerprint density at radius 3 is 3.11 bits per heavy atom. The van der Waals surface area contributed by atoms with Crippen LogP contribution in [0.1, 0.15) is 4.79 Å². The molecule has 0 bridgehead atoms. The van der Waals surface area contributed by atoms with Crippen molar-refractivity contribution in [1.29, 1.82) is 0 Å². The first-order valence-electron chi connectivity index (χ1n) is 5.36. The van der Waals surface area contributed by atoms with Crippen molar-refractivity contribution in [2.24, 2.45) is 0 Å². The van der Waals surface area contributed by atoms with Crippen molar-refractivity contribution in [3.05, 3.63) is 36.9 Å². The zero-order valence-corrected chi connectivity index (χ0v) is 9.41. The smallest absolute Gasteiger partial charge is 0.269 e. The number of ether oxygens (including phenoxy) is 3. The average molecular weight is 246 g/mol. The van der Waals surface area contributed by atoms with Crippen molar-refractivity contribution in [1.82, 2.24) is 9.55 Å². The molecular weight excluding hydrogens is 236 g/mol. The second-order valence-electron chi connectivity index (χ2n) is 3.67. The summed E-state index contributed by atoms with van der Waals surface area (Å²) in [6.45, 7) is 0.156. The predicted molar refractivity (Wildman–Crippen MR) is 60.9 cm³/mol. The lowest BCUT2D eigenvalue weighted by molar-refractivity contribution is 0.0837. The quantitative estimate of drug-likeness (QED) is 0.817. The van der Waals surface area contributed by atoms with E-state index in [1.165, 1.54) is 10.9 Å². The fourth-order valence-corrected chi connectivity index (χ4v) is 1.59. The standard InChI is InChI=1S/C12H10N2O4/c15-12(14-4-3-13-7-14)6-16-9-1-2-10-11(5-9)18-8-17-10/h1-5,7H,6,8H2. The molecule has 6 nitrogen and oxygen atoms in total. The number of carbonyl (C=O) groups is 1. The van der Waals surface area contributed by atoms with E-state index in [0.29, 0.717) is 17.2 Å². The molecule has 1 aromatic heterocycles. The molecule has 1 aromatic carbocycles. The van der Waals surface area contributed by atoms with E-state index in [-0.39, 0.29) is 19.3 Å². The van der Waals surface area contributed by atoms with Crippen LogP contribution >= 0.6 is 0 Å². The van der Waals surface area contributed by atoms with Gasteiger partial charge in [-0.3, -0.25) is 9.36 Å². The summed E-state index contributed by atoms with van der Waals surface area (Å²) >= 11 is 0. The van der Waals surface area contributed by atoms with Crippen LogP contribution in [-0.4, -0.2) is 28.9 Å². The van der Waals surface area contributed by atoms with Gasteiger partial charge in [-0.15, -0.1) is 0 Å². The monoisotopic (exact) mass is 246 g/mol. The largest absolute Gasteiger partial charge is 0.484 e. The maximum atomic E-state index is 11.7. The van der Waals surface area contributed by atoms with Crippen LogP contribution in [0.15, 0.2) is 36.9 Å². The maximum absolute atomic E-state index is 11.7. The summed E-state index contributed by atoms with van der Waals surface area (Å²) in [5.74, 6) is 1.68. The van der Waals surface area contributed by atoms with Gasteiger partial charge in [0.05, 0.1) is 0 Å². The second-order valence-corrected chi connectivity index (χ2v) is 3.67. The van der Waals surface area contributed by atoms with Gasteiger partial charge in [-0.1, -0.05) is 0 Å². The third kappa shape index (κ3) is 2.00. The molecule has 1 aliphatic heterocycles. The molecule has 6 heteroatoms. The Balaban J connectivity index is 1.65. The number of hydrogen-bond acceptors (Lipinski definition) is 5. The van der Waals surface area contributed by atoms with Gasteiger partial charge in [-0.05, 0) is 12.1 Å². The van der Waals surface area contributed by atoms with Crippen molar-refractivity contribution in [2.75, 3.05) is 13.4 Å². The van der Waals surface area contributed by atoms with E-state index in [1.54, 1.807) is 30.6 Å². The van der Waals surface area contributed by atoms with E-state index in [2.05, 4.69) is 4.98 Å². The highest BCUT2D eigenvalue weighted by Gasteiger charge is 2.14. The third-order valence-electron chi connectivity index (χ3n) is 2.50. The fraction of sp³-hybridized carbons (Fsp3) is 0.167. The molecule has 92 valence electrons. The normalized spacial score (nSPS) is 12.4. The summed E-state index contributed by atoms with van der Waals surface area (Å²) in [7, 11) is 0. The molecule has 2 heterocycles. The Hall–Kier alpha value is -2.50. The van der Waals surface area contributed by atoms with Gasteiger partial charge in [0, 0.05) is 18.5 Å². The second kappa shape index (κ2) is 4.40. The minimum absolute atomic E-state index is 0.0595. The van der Waals surface area contributed by atoms with Crippen LogP contribution in [-0.2, 0) is 0 Å². The summed E-state index contributed by atoms with van der Waals surface area (Å²) in [5.41, 5.74) is 0. The van der Waals surface area contributed by atoms with E-state index >= 15 is 0 Å². The number of hydrogen-bond donors (Lipinski definition) is 0. The molecule has 0 amide bonds. The van der Waals surface area contributed by atoms with Crippen molar-refractivity contribution in [3.63, 3.8) is 0 Å². The Morgan fingerprint density at radius 2 is 2.28 bits per heavy atom. The molecule has 0 unspecified atom stereocenters. The molecule has 0 saturated heterocycles. The highest BCUT2D eigenvalue weighted by atomic mass is 16.7. The van der Waals surface area contributed by atoms with E-state index in [4.69, 9.17) is 14.2 Å².